The van der Waals surface area contributed by atoms with E-state index in [4.69, 9.17) is 33.3 Å². The molecule has 0 radical (unpaired) electrons. The number of nitrogens with zero attached hydrogens (tertiary/aromatic N) is 1. The van der Waals surface area contributed by atoms with Gasteiger partial charge in [0.2, 0.25) is 0 Å². The summed E-state index contributed by atoms with van der Waals surface area (Å²) in [6, 6.07) is 12.1. The third-order valence-electron chi connectivity index (χ3n) is 3.96. The number of methoxy groups -OCH3 is 2. The van der Waals surface area contributed by atoms with Crippen LogP contribution in [0.1, 0.15) is 5.56 Å². The van der Waals surface area contributed by atoms with Gasteiger partial charge in [0.15, 0.2) is 22.4 Å². The van der Waals surface area contributed by atoms with Crippen LogP contribution in [0.4, 0.5) is 5.69 Å². The van der Waals surface area contributed by atoms with E-state index < -0.39 is 5.97 Å². The standard InChI is InChI=1S/C20H16ClNO5S2/c1-25-15-5-3-4-12(18(15)27-11-17(23)26-2)10-16-19(24)22(20(28)29-16)14-8-6-13(21)7-9-14/h3-10H,11H2,1-2H3/b16-10-. The number of carbonyl (C=O) groups is 2. The zero-order valence-corrected chi connectivity index (χ0v) is 17.9. The molecule has 1 aliphatic rings. The van der Waals surface area contributed by atoms with Crippen molar-refractivity contribution in [2.75, 3.05) is 25.7 Å². The van der Waals surface area contributed by atoms with E-state index in [-0.39, 0.29) is 12.5 Å². The first-order valence-corrected chi connectivity index (χ1v) is 9.95. The van der Waals surface area contributed by atoms with Crippen molar-refractivity contribution in [2.45, 2.75) is 0 Å². The molecule has 0 aliphatic carbocycles. The molecule has 0 unspecified atom stereocenters. The maximum atomic E-state index is 13.0. The minimum Gasteiger partial charge on any atom is -0.493 e. The maximum absolute atomic E-state index is 13.0. The van der Waals surface area contributed by atoms with Crippen molar-refractivity contribution in [2.24, 2.45) is 0 Å². The molecule has 1 fully saturated rings. The minimum atomic E-state index is -0.532. The molecule has 6 nitrogen and oxygen atoms in total. The average molecular weight is 450 g/mol. The third kappa shape index (κ3) is 4.72. The van der Waals surface area contributed by atoms with Gasteiger partial charge in [0.05, 0.1) is 24.8 Å². The van der Waals surface area contributed by atoms with E-state index in [2.05, 4.69) is 4.74 Å². The molecular formula is C20H16ClNO5S2. The SMILES string of the molecule is COC(=O)COc1c(/C=C2\SC(=S)N(c3ccc(Cl)cc3)C2=O)cccc1OC. The largest absolute Gasteiger partial charge is 0.493 e. The highest BCUT2D eigenvalue weighted by molar-refractivity contribution is 8.27. The highest BCUT2D eigenvalue weighted by atomic mass is 35.5. The molecule has 1 saturated heterocycles. The van der Waals surface area contributed by atoms with E-state index in [0.29, 0.717) is 37.0 Å². The lowest BCUT2D eigenvalue weighted by Gasteiger charge is -2.14. The predicted molar refractivity (Wildman–Crippen MR) is 118 cm³/mol. The van der Waals surface area contributed by atoms with Gasteiger partial charge >= 0.3 is 5.97 Å². The van der Waals surface area contributed by atoms with E-state index in [1.54, 1.807) is 48.5 Å². The molecule has 2 aromatic carbocycles. The first-order valence-electron chi connectivity index (χ1n) is 8.34. The number of para-hydroxylation sites is 1. The number of ether oxygens (including phenoxy) is 3. The van der Waals surface area contributed by atoms with Crippen molar-refractivity contribution in [1.29, 1.82) is 0 Å². The Morgan fingerprint density at radius 3 is 2.59 bits per heavy atom. The van der Waals surface area contributed by atoms with Gasteiger partial charge < -0.3 is 14.2 Å². The van der Waals surface area contributed by atoms with Crippen LogP contribution >= 0.6 is 35.6 Å². The first kappa shape index (κ1) is 21.2. The second kappa shape index (κ2) is 9.30. The van der Waals surface area contributed by atoms with Gasteiger partial charge in [-0.25, -0.2) is 4.79 Å². The Labute approximate surface area is 182 Å². The topological polar surface area (TPSA) is 65.1 Å². The van der Waals surface area contributed by atoms with Crippen LogP contribution in [-0.2, 0) is 14.3 Å². The van der Waals surface area contributed by atoms with Crippen LogP contribution in [0.15, 0.2) is 47.4 Å². The lowest BCUT2D eigenvalue weighted by Crippen LogP contribution is -2.27. The molecule has 0 atom stereocenters. The molecule has 1 amide bonds. The van der Waals surface area contributed by atoms with Crippen molar-refractivity contribution in [3.05, 3.63) is 58.0 Å². The lowest BCUT2D eigenvalue weighted by atomic mass is 10.1. The quantitative estimate of drug-likeness (QED) is 0.370. The second-order valence-corrected chi connectivity index (χ2v) is 7.85. The summed E-state index contributed by atoms with van der Waals surface area (Å²) in [7, 11) is 2.76. The van der Waals surface area contributed by atoms with Gasteiger partial charge in [0.1, 0.15) is 0 Å². The molecule has 0 aromatic heterocycles. The molecule has 9 heteroatoms. The number of amides is 1. The van der Waals surface area contributed by atoms with Crippen LogP contribution < -0.4 is 14.4 Å². The third-order valence-corrected chi connectivity index (χ3v) is 5.51. The second-order valence-electron chi connectivity index (χ2n) is 5.74. The summed E-state index contributed by atoms with van der Waals surface area (Å²) < 4.78 is 15.9. The number of esters is 1. The van der Waals surface area contributed by atoms with Crippen LogP contribution in [0.3, 0.4) is 0 Å². The van der Waals surface area contributed by atoms with Gasteiger partial charge in [0.25, 0.3) is 5.91 Å². The Morgan fingerprint density at radius 2 is 1.93 bits per heavy atom. The summed E-state index contributed by atoms with van der Waals surface area (Å²) in [6.45, 7) is -0.288. The van der Waals surface area contributed by atoms with Crippen molar-refractivity contribution in [1.82, 2.24) is 0 Å². The van der Waals surface area contributed by atoms with Crippen LogP contribution in [0, 0.1) is 0 Å². The van der Waals surface area contributed by atoms with Crippen molar-refractivity contribution < 1.29 is 23.8 Å². The number of halogens is 1. The molecule has 0 saturated carbocycles. The number of hydrogen-bond acceptors (Lipinski definition) is 7. The number of rotatable bonds is 6. The summed E-state index contributed by atoms with van der Waals surface area (Å²) in [5.41, 5.74) is 1.21. The van der Waals surface area contributed by atoms with Crippen LogP contribution in [-0.4, -0.2) is 37.0 Å². The predicted octanol–water partition coefficient (Wildman–Crippen LogP) is 4.31. The zero-order chi connectivity index (χ0) is 21.0. The summed E-state index contributed by atoms with van der Waals surface area (Å²) >= 11 is 12.5. The molecule has 0 bridgehead atoms. The highest BCUT2D eigenvalue weighted by Gasteiger charge is 2.33. The summed E-state index contributed by atoms with van der Waals surface area (Å²) in [4.78, 5) is 26.3. The van der Waals surface area contributed by atoms with Gasteiger partial charge in [-0.3, -0.25) is 9.69 Å². The van der Waals surface area contributed by atoms with Crippen molar-refractivity contribution in [3.8, 4) is 11.5 Å². The Kier molecular flexibility index (Phi) is 6.79. The lowest BCUT2D eigenvalue weighted by molar-refractivity contribution is -0.142. The number of thioether (sulfide) groups is 1. The maximum Gasteiger partial charge on any atom is 0.343 e. The zero-order valence-electron chi connectivity index (χ0n) is 15.5. The number of thiocarbonyl (C=S) groups is 1. The highest BCUT2D eigenvalue weighted by Crippen LogP contribution is 2.39. The fourth-order valence-corrected chi connectivity index (χ4v) is 3.99. The van der Waals surface area contributed by atoms with Crippen LogP contribution in [0.2, 0.25) is 5.02 Å². The fourth-order valence-electron chi connectivity index (χ4n) is 2.57. The first-order chi connectivity index (χ1) is 13.9. The Bertz CT molecular complexity index is 991. The van der Waals surface area contributed by atoms with E-state index >= 15 is 0 Å². The average Bonchev–Trinajstić information content (AvgIpc) is 3.00. The normalized spacial score (nSPS) is 15.0. The Balaban J connectivity index is 1.93. The smallest absolute Gasteiger partial charge is 0.343 e. The molecule has 2 aromatic rings. The fraction of sp³-hybridized carbons (Fsp3) is 0.150. The number of benzene rings is 2. The van der Waals surface area contributed by atoms with Gasteiger partial charge in [0, 0.05) is 10.6 Å². The Hall–Kier alpha value is -2.55. The molecule has 1 heterocycles. The molecule has 150 valence electrons. The summed E-state index contributed by atoms with van der Waals surface area (Å²) in [5.74, 6) is -0.0343. The summed E-state index contributed by atoms with van der Waals surface area (Å²) in [5, 5.41) is 0.568. The van der Waals surface area contributed by atoms with Crippen LogP contribution in [0.5, 0.6) is 11.5 Å². The van der Waals surface area contributed by atoms with Gasteiger partial charge in [-0.15, -0.1) is 0 Å². The van der Waals surface area contributed by atoms with E-state index in [1.165, 1.54) is 30.9 Å². The summed E-state index contributed by atoms with van der Waals surface area (Å²) in [6.07, 6.45) is 1.66. The van der Waals surface area contributed by atoms with Gasteiger partial charge in [-0.05, 0) is 36.4 Å². The van der Waals surface area contributed by atoms with Crippen LogP contribution in [0.25, 0.3) is 6.08 Å². The Morgan fingerprint density at radius 1 is 1.21 bits per heavy atom. The van der Waals surface area contributed by atoms with E-state index in [9.17, 15) is 9.59 Å². The number of hydrogen-bond donors (Lipinski definition) is 0. The monoisotopic (exact) mass is 449 g/mol. The minimum absolute atomic E-state index is 0.260. The molecule has 0 N–H and O–H groups in total. The van der Waals surface area contributed by atoms with Gasteiger partial charge in [-0.2, -0.15) is 0 Å². The van der Waals surface area contributed by atoms with E-state index in [1.807, 2.05) is 0 Å². The molecule has 0 spiro atoms. The molecular weight excluding hydrogens is 434 g/mol. The van der Waals surface area contributed by atoms with Crippen molar-refractivity contribution >= 4 is 63.5 Å². The number of carbonyl (C=O) groups excluding carboxylic acids is 2. The van der Waals surface area contributed by atoms with Crippen molar-refractivity contribution in [3.63, 3.8) is 0 Å². The molecule has 3 rings (SSSR count). The number of anilines is 1. The molecule has 1 aliphatic heterocycles. The van der Waals surface area contributed by atoms with Gasteiger partial charge in [-0.1, -0.05) is 47.7 Å². The molecule has 29 heavy (non-hydrogen) atoms. The van der Waals surface area contributed by atoms with E-state index in [0.717, 1.165) is 0 Å².